The summed E-state index contributed by atoms with van der Waals surface area (Å²) >= 11 is 0. The van der Waals surface area contributed by atoms with Gasteiger partial charge in [-0.1, -0.05) is 115 Å². The van der Waals surface area contributed by atoms with Gasteiger partial charge >= 0.3 is 0 Å². The largest absolute Gasteiger partial charge is 0.489 e. The number of nitrogens with one attached hydrogen (secondary N) is 5. The fraction of sp³-hybridized carbons (Fsp3) is 0.377. The van der Waals surface area contributed by atoms with E-state index in [4.69, 9.17) is 9.47 Å². The molecular formula is C61H68N8O8. The average molecular weight is 1040 g/mol. The van der Waals surface area contributed by atoms with Gasteiger partial charge < -0.3 is 50.4 Å². The number of likely N-dealkylation sites (N-methyl/N-ethyl adjacent to an activating group) is 1. The standard InChI is InChI=1S/C61H68N8O8/c1-67-53(33-42-26-28-62-29-27-42)57(71)66-51(32-41-20-23-47(24-21-41)77-38-43-14-6-3-7-15-43)60(74)69-37-45-17-9-8-16-44(45)35-54(69)61(75)68-30-31-76-39-55(68)58(72)64-50(25-22-40-12-4-2-5-13-40)56(70)65-52(59(67)73)34-46-36-63-49-19-11-10-18-48(46)49/h2-21,23-24,36,42,50-55,62-63H,22,25-35,37-39H2,1H3,(H,64,72)(H,65,70)(H,66,71)/t50-,51+,52-,53?,54+,55+/m1/s1. The summed E-state index contributed by atoms with van der Waals surface area (Å²) in [6, 6.07) is 35.4. The minimum atomic E-state index is -1.20. The molecule has 0 radical (unpaired) electrons. The number of nitrogens with zero attached hydrogens (tertiary/aromatic N) is 3. The maximum Gasteiger partial charge on any atom is 0.246 e. The number of carbonyl (C=O) groups is 6. The number of ether oxygens (including phenoxy) is 2. The number of hydrogen-bond donors (Lipinski definition) is 5. The van der Waals surface area contributed by atoms with Crippen molar-refractivity contribution in [3.8, 4) is 5.75 Å². The van der Waals surface area contributed by atoms with Crippen LogP contribution in [0.5, 0.6) is 5.75 Å². The zero-order chi connectivity index (χ0) is 53.3. The monoisotopic (exact) mass is 1040 g/mol. The Morgan fingerprint density at radius 3 is 2.04 bits per heavy atom. The first-order valence-corrected chi connectivity index (χ1v) is 27.0. The third kappa shape index (κ3) is 12.6. The van der Waals surface area contributed by atoms with Gasteiger partial charge in [0.2, 0.25) is 35.4 Å². The SMILES string of the molecule is CN1C(=O)[C@@H](Cc2c[nH]c3ccccc23)NC(=O)[C@@H](CCc2ccccc2)NC(=O)[C@@H]2COCCN2C(=O)[C@@H]2Cc3ccccc3CN2C(=O)[C@H](Cc2ccc(OCc3ccccc3)cc2)NC(=O)C1CC1CCNCC1. The molecule has 10 rings (SSSR count). The summed E-state index contributed by atoms with van der Waals surface area (Å²) in [5.74, 6) is -2.47. The Kier molecular flexibility index (Phi) is 16.7. The average Bonchev–Trinajstić information content (AvgIpc) is 3.89. The highest BCUT2D eigenvalue weighted by Crippen LogP contribution is 2.29. The van der Waals surface area contributed by atoms with Crippen LogP contribution < -0.4 is 26.0 Å². The van der Waals surface area contributed by atoms with Crippen LogP contribution in [0.3, 0.4) is 0 Å². The molecule has 0 aliphatic carbocycles. The van der Waals surface area contributed by atoms with Crippen molar-refractivity contribution in [3.05, 3.63) is 173 Å². The van der Waals surface area contributed by atoms with Crippen LogP contribution in [-0.2, 0) is 72.3 Å². The van der Waals surface area contributed by atoms with Crippen LogP contribution in [0.25, 0.3) is 10.9 Å². The van der Waals surface area contributed by atoms with Crippen molar-refractivity contribution >= 4 is 46.3 Å². The predicted molar refractivity (Wildman–Crippen MR) is 291 cm³/mol. The molecule has 6 atom stereocenters. The molecule has 5 aromatic carbocycles. The summed E-state index contributed by atoms with van der Waals surface area (Å²) in [6.45, 7) is 1.99. The van der Waals surface area contributed by atoms with Gasteiger partial charge in [-0.25, -0.2) is 0 Å². The number of rotatable bonds is 12. The van der Waals surface area contributed by atoms with Crippen molar-refractivity contribution in [1.29, 1.82) is 0 Å². The van der Waals surface area contributed by atoms with Gasteiger partial charge in [-0.3, -0.25) is 28.8 Å². The third-order valence-corrected chi connectivity index (χ3v) is 15.8. The van der Waals surface area contributed by atoms with Crippen molar-refractivity contribution in [1.82, 2.24) is 41.0 Å². The van der Waals surface area contributed by atoms with E-state index >= 15 is 24.0 Å². The molecule has 5 N–H and O–H groups in total. The Hall–Kier alpha value is -7.82. The quantitative estimate of drug-likeness (QED) is 0.112. The smallest absolute Gasteiger partial charge is 0.246 e. The second-order valence-electron chi connectivity index (χ2n) is 20.9. The molecule has 6 aromatic rings. The number of morpholine rings is 1. The summed E-state index contributed by atoms with van der Waals surface area (Å²) < 4.78 is 12.0. The van der Waals surface area contributed by atoms with Gasteiger partial charge in [-0.05, 0) is 103 Å². The Bertz CT molecular complexity index is 3040. The predicted octanol–water partition coefficient (Wildman–Crippen LogP) is 5.03. The topological polar surface area (TPSA) is 195 Å². The van der Waals surface area contributed by atoms with Gasteiger partial charge in [-0.2, -0.15) is 0 Å². The molecule has 6 amide bonds. The summed E-state index contributed by atoms with van der Waals surface area (Å²) in [7, 11) is 1.59. The minimum absolute atomic E-state index is 0.0481. The van der Waals surface area contributed by atoms with Crippen molar-refractivity contribution in [2.24, 2.45) is 5.92 Å². The van der Waals surface area contributed by atoms with E-state index in [0.29, 0.717) is 25.2 Å². The molecule has 77 heavy (non-hydrogen) atoms. The first kappa shape index (κ1) is 52.6. The third-order valence-electron chi connectivity index (χ3n) is 15.8. The second-order valence-corrected chi connectivity index (χ2v) is 20.9. The molecule has 3 saturated heterocycles. The molecule has 16 heteroatoms. The van der Waals surface area contributed by atoms with E-state index in [0.717, 1.165) is 70.2 Å². The number of para-hydroxylation sites is 1. The number of carbonyl (C=O) groups excluding carboxylic acids is 6. The zero-order valence-electron chi connectivity index (χ0n) is 43.5. The number of benzene rings is 5. The number of piperidine rings is 1. The van der Waals surface area contributed by atoms with Crippen molar-refractivity contribution in [3.63, 3.8) is 0 Å². The zero-order valence-corrected chi connectivity index (χ0v) is 43.5. The lowest BCUT2D eigenvalue weighted by Crippen LogP contribution is -2.65. The molecule has 1 aromatic heterocycles. The number of H-pyrrole nitrogens is 1. The highest BCUT2D eigenvalue weighted by Gasteiger charge is 2.45. The summed E-state index contributed by atoms with van der Waals surface area (Å²) in [5, 5.41) is 13.5. The first-order chi connectivity index (χ1) is 37.6. The van der Waals surface area contributed by atoms with Crippen LogP contribution >= 0.6 is 0 Å². The number of amides is 6. The van der Waals surface area contributed by atoms with E-state index in [1.165, 1.54) is 9.80 Å². The van der Waals surface area contributed by atoms with Crippen LogP contribution in [0.1, 0.15) is 59.1 Å². The van der Waals surface area contributed by atoms with Gasteiger partial charge in [0.15, 0.2) is 0 Å². The van der Waals surface area contributed by atoms with Crippen LogP contribution in [0, 0.1) is 5.92 Å². The summed E-state index contributed by atoms with van der Waals surface area (Å²) in [6.07, 6.45) is 4.50. The molecule has 0 spiro atoms. The van der Waals surface area contributed by atoms with Gasteiger partial charge in [0.25, 0.3) is 0 Å². The molecule has 5 heterocycles. The van der Waals surface area contributed by atoms with Crippen LogP contribution in [0.2, 0.25) is 0 Å². The van der Waals surface area contributed by atoms with E-state index in [1.54, 1.807) is 11.9 Å². The van der Waals surface area contributed by atoms with E-state index in [-0.39, 0.29) is 57.9 Å². The number of fused-ring (bicyclic) bond motifs is 4. The number of aromatic amines is 1. The Morgan fingerprint density at radius 1 is 0.610 bits per heavy atom. The Balaban J connectivity index is 1.05. The van der Waals surface area contributed by atoms with Gasteiger partial charge in [0.1, 0.15) is 48.6 Å². The van der Waals surface area contributed by atoms with Crippen LogP contribution in [0.4, 0.5) is 0 Å². The lowest BCUT2D eigenvalue weighted by molar-refractivity contribution is -0.158. The molecule has 4 aliphatic heterocycles. The molecular weight excluding hydrogens is 973 g/mol. The van der Waals surface area contributed by atoms with Crippen molar-refractivity contribution < 1.29 is 38.2 Å². The molecule has 4 aliphatic rings. The van der Waals surface area contributed by atoms with Crippen LogP contribution in [0.15, 0.2) is 140 Å². The number of aromatic nitrogens is 1. The highest BCUT2D eigenvalue weighted by molar-refractivity contribution is 5.99. The second kappa shape index (κ2) is 24.5. The maximum atomic E-state index is 15.7. The summed E-state index contributed by atoms with van der Waals surface area (Å²) in [4.78, 5) is 99.8. The normalized spacial score (nSPS) is 23.2. The molecule has 3 fully saturated rings. The van der Waals surface area contributed by atoms with Gasteiger partial charge in [0, 0.05) is 56.5 Å². The fourth-order valence-corrected chi connectivity index (χ4v) is 11.4. The number of hydrogen-bond acceptors (Lipinski definition) is 9. The molecule has 16 nitrogen and oxygen atoms in total. The maximum absolute atomic E-state index is 15.7. The van der Waals surface area contributed by atoms with E-state index < -0.39 is 71.7 Å². The molecule has 0 bridgehead atoms. The Labute approximate surface area is 449 Å². The Morgan fingerprint density at radius 2 is 1.27 bits per heavy atom. The van der Waals surface area contributed by atoms with E-state index in [9.17, 15) is 4.79 Å². The number of aryl methyl sites for hydroxylation is 1. The van der Waals surface area contributed by atoms with Gasteiger partial charge in [0.05, 0.1) is 13.2 Å². The summed E-state index contributed by atoms with van der Waals surface area (Å²) in [5.41, 5.74) is 6.05. The minimum Gasteiger partial charge on any atom is -0.489 e. The van der Waals surface area contributed by atoms with Gasteiger partial charge in [-0.15, -0.1) is 0 Å². The highest BCUT2D eigenvalue weighted by atomic mass is 16.5. The van der Waals surface area contributed by atoms with Crippen molar-refractivity contribution in [2.45, 2.75) is 101 Å². The van der Waals surface area contributed by atoms with Crippen molar-refractivity contribution in [2.75, 3.05) is 39.9 Å². The fourth-order valence-electron chi connectivity index (χ4n) is 11.4. The first-order valence-electron chi connectivity index (χ1n) is 27.0. The molecule has 400 valence electrons. The van der Waals surface area contributed by atoms with Crippen LogP contribution in [-0.4, -0.2) is 131 Å². The lowest BCUT2D eigenvalue weighted by atomic mass is 9.89. The van der Waals surface area contributed by atoms with E-state index in [2.05, 4.69) is 26.3 Å². The van der Waals surface area contributed by atoms with E-state index in [1.807, 2.05) is 140 Å². The molecule has 1 unspecified atom stereocenters. The molecule has 0 saturated carbocycles. The lowest BCUT2D eigenvalue weighted by Gasteiger charge is -2.43.